The molecule has 2 rings (SSSR count). The topological polar surface area (TPSA) is 104 Å². The van der Waals surface area contributed by atoms with E-state index in [2.05, 4.69) is 10.6 Å². The Morgan fingerprint density at radius 1 is 1.42 bits per heavy atom. The van der Waals surface area contributed by atoms with Crippen LogP contribution in [0.4, 0.5) is 4.79 Å². The summed E-state index contributed by atoms with van der Waals surface area (Å²) in [5.74, 6) is -0.375. The Morgan fingerprint density at radius 2 is 2.11 bits per heavy atom. The second kappa shape index (κ2) is 5.27. The smallest absolute Gasteiger partial charge is 0.312 e. The van der Waals surface area contributed by atoms with Gasteiger partial charge in [-0.25, -0.2) is 4.79 Å². The highest BCUT2D eigenvalue weighted by atomic mass is 16.3. The van der Waals surface area contributed by atoms with E-state index in [1.165, 1.54) is 6.92 Å². The molecule has 0 bridgehead atoms. The third-order valence-electron chi connectivity index (χ3n) is 3.25. The quantitative estimate of drug-likeness (QED) is 0.608. The maximum atomic E-state index is 11.9. The summed E-state index contributed by atoms with van der Waals surface area (Å²) in [6, 6.07) is 5.63. The van der Waals surface area contributed by atoms with Gasteiger partial charge in [0.15, 0.2) is 0 Å². The molecular weight excluding hydrogens is 246 g/mol. The molecule has 0 fully saturated rings. The van der Waals surface area contributed by atoms with Gasteiger partial charge in [-0.15, -0.1) is 0 Å². The van der Waals surface area contributed by atoms with Gasteiger partial charge >= 0.3 is 6.03 Å². The van der Waals surface area contributed by atoms with Crippen molar-refractivity contribution in [2.75, 3.05) is 0 Å². The first kappa shape index (κ1) is 13.4. The summed E-state index contributed by atoms with van der Waals surface area (Å²) in [6.07, 6.45) is -0.138. The molecule has 0 aliphatic heterocycles. The zero-order valence-electron chi connectivity index (χ0n) is 10.6. The summed E-state index contributed by atoms with van der Waals surface area (Å²) in [5.41, 5.74) is 6.90. The van der Waals surface area contributed by atoms with E-state index < -0.39 is 24.2 Å². The van der Waals surface area contributed by atoms with Crippen LogP contribution in [0.3, 0.4) is 0 Å². The summed E-state index contributed by atoms with van der Waals surface area (Å²) in [4.78, 5) is 22.6. The van der Waals surface area contributed by atoms with Gasteiger partial charge in [0.05, 0.1) is 12.1 Å². The van der Waals surface area contributed by atoms with E-state index in [9.17, 15) is 14.7 Å². The molecule has 0 radical (unpaired) electrons. The molecule has 1 unspecified atom stereocenters. The molecule has 6 nitrogen and oxygen atoms in total. The molecule has 19 heavy (non-hydrogen) atoms. The van der Waals surface area contributed by atoms with Crippen molar-refractivity contribution in [2.45, 2.75) is 31.5 Å². The predicted octanol–water partition coefficient (Wildman–Crippen LogP) is -0.182. The van der Waals surface area contributed by atoms with Gasteiger partial charge in [0.2, 0.25) is 5.91 Å². The second-order valence-electron chi connectivity index (χ2n) is 4.69. The summed E-state index contributed by atoms with van der Waals surface area (Å²) in [6.45, 7) is 1.54. The summed E-state index contributed by atoms with van der Waals surface area (Å²) in [7, 11) is 0. The number of carbonyl (C=O) groups is 2. The lowest BCUT2D eigenvalue weighted by atomic mass is 10.1. The molecule has 102 valence electrons. The number of nitrogens with one attached hydrogen (secondary N) is 2. The monoisotopic (exact) mass is 263 g/mol. The number of benzene rings is 1. The molecule has 0 heterocycles. The van der Waals surface area contributed by atoms with Crippen LogP contribution in [0, 0.1) is 0 Å². The van der Waals surface area contributed by atoms with Crippen LogP contribution >= 0.6 is 0 Å². The number of carbonyl (C=O) groups excluding carboxylic acids is 2. The summed E-state index contributed by atoms with van der Waals surface area (Å²) in [5, 5.41) is 15.0. The van der Waals surface area contributed by atoms with Gasteiger partial charge in [-0.05, 0) is 18.1 Å². The van der Waals surface area contributed by atoms with E-state index >= 15 is 0 Å². The number of fused-ring (bicyclic) bond motifs is 1. The lowest BCUT2D eigenvalue weighted by molar-refractivity contribution is -0.124. The number of amides is 3. The van der Waals surface area contributed by atoms with Crippen molar-refractivity contribution in [3.63, 3.8) is 0 Å². The molecule has 1 aliphatic rings. The number of primary amides is 1. The SMILES string of the molecule is CC(NC(N)=O)C(=O)N[C@H]1c2ccccc2C[C@H]1O. The Kier molecular flexibility index (Phi) is 3.71. The maximum Gasteiger partial charge on any atom is 0.312 e. The highest BCUT2D eigenvalue weighted by Crippen LogP contribution is 2.31. The van der Waals surface area contributed by atoms with Crippen LogP contribution in [0.25, 0.3) is 0 Å². The molecule has 3 amide bonds. The van der Waals surface area contributed by atoms with Crippen LogP contribution in [0.2, 0.25) is 0 Å². The molecule has 1 aromatic carbocycles. The number of urea groups is 1. The zero-order valence-corrected chi connectivity index (χ0v) is 10.6. The van der Waals surface area contributed by atoms with Gasteiger partial charge in [0.25, 0.3) is 0 Å². The number of hydrogen-bond acceptors (Lipinski definition) is 3. The molecular formula is C13H17N3O3. The van der Waals surface area contributed by atoms with Gasteiger partial charge in [-0.2, -0.15) is 0 Å². The average molecular weight is 263 g/mol. The Bertz CT molecular complexity index is 504. The van der Waals surface area contributed by atoms with Crippen LogP contribution in [-0.4, -0.2) is 29.2 Å². The van der Waals surface area contributed by atoms with Crippen molar-refractivity contribution in [2.24, 2.45) is 5.73 Å². The van der Waals surface area contributed by atoms with Crippen LogP contribution < -0.4 is 16.4 Å². The number of nitrogens with two attached hydrogens (primary N) is 1. The van der Waals surface area contributed by atoms with Gasteiger partial charge in [-0.3, -0.25) is 4.79 Å². The van der Waals surface area contributed by atoms with Crippen molar-refractivity contribution in [1.29, 1.82) is 0 Å². The standard InChI is InChI=1S/C13H17N3O3/c1-7(15-13(14)19)12(18)16-11-9-5-3-2-4-8(9)6-10(11)17/h2-5,7,10-11,17H,6H2,1H3,(H,16,18)(H3,14,15,19)/t7?,10-,11+/m1/s1. The second-order valence-corrected chi connectivity index (χ2v) is 4.69. The van der Waals surface area contributed by atoms with Crippen molar-refractivity contribution in [1.82, 2.24) is 10.6 Å². The first-order valence-electron chi connectivity index (χ1n) is 6.11. The van der Waals surface area contributed by atoms with Crippen molar-refractivity contribution >= 4 is 11.9 Å². The molecule has 0 aromatic heterocycles. The Morgan fingerprint density at radius 3 is 2.79 bits per heavy atom. The molecule has 6 heteroatoms. The van der Waals surface area contributed by atoms with Gasteiger partial charge < -0.3 is 21.5 Å². The third-order valence-corrected chi connectivity index (χ3v) is 3.25. The minimum absolute atomic E-state index is 0.375. The average Bonchev–Trinajstić information content (AvgIpc) is 2.65. The molecule has 0 saturated carbocycles. The van der Waals surface area contributed by atoms with Crippen molar-refractivity contribution < 1.29 is 14.7 Å². The molecule has 3 atom stereocenters. The lowest BCUT2D eigenvalue weighted by Crippen LogP contribution is -2.48. The molecule has 0 spiro atoms. The van der Waals surface area contributed by atoms with E-state index in [-0.39, 0.29) is 5.91 Å². The first-order valence-corrected chi connectivity index (χ1v) is 6.11. The number of rotatable bonds is 3. The van der Waals surface area contributed by atoms with E-state index in [0.29, 0.717) is 6.42 Å². The highest BCUT2D eigenvalue weighted by Gasteiger charge is 2.32. The maximum absolute atomic E-state index is 11.9. The van der Waals surface area contributed by atoms with Crippen LogP contribution in [-0.2, 0) is 11.2 Å². The third kappa shape index (κ3) is 2.85. The predicted molar refractivity (Wildman–Crippen MR) is 69.2 cm³/mol. The minimum Gasteiger partial charge on any atom is -0.390 e. The molecule has 5 N–H and O–H groups in total. The van der Waals surface area contributed by atoms with Crippen LogP contribution in [0.15, 0.2) is 24.3 Å². The molecule has 1 aromatic rings. The Labute approximate surface area is 111 Å². The fraction of sp³-hybridized carbons (Fsp3) is 0.385. The van der Waals surface area contributed by atoms with Gasteiger partial charge in [0.1, 0.15) is 6.04 Å². The van der Waals surface area contributed by atoms with Crippen molar-refractivity contribution in [3.05, 3.63) is 35.4 Å². The van der Waals surface area contributed by atoms with E-state index in [1.54, 1.807) is 0 Å². The lowest BCUT2D eigenvalue weighted by Gasteiger charge is -2.20. The van der Waals surface area contributed by atoms with E-state index in [0.717, 1.165) is 11.1 Å². The number of aliphatic hydroxyl groups excluding tert-OH is 1. The van der Waals surface area contributed by atoms with E-state index in [4.69, 9.17) is 5.73 Å². The van der Waals surface area contributed by atoms with Gasteiger partial charge in [0, 0.05) is 6.42 Å². The molecule has 1 aliphatic carbocycles. The Hall–Kier alpha value is -2.08. The first-order chi connectivity index (χ1) is 8.99. The van der Waals surface area contributed by atoms with Crippen LogP contribution in [0.1, 0.15) is 24.1 Å². The van der Waals surface area contributed by atoms with Crippen LogP contribution in [0.5, 0.6) is 0 Å². The fourth-order valence-corrected chi connectivity index (χ4v) is 2.31. The van der Waals surface area contributed by atoms with E-state index in [1.807, 2.05) is 24.3 Å². The normalized spacial score (nSPS) is 22.4. The van der Waals surface area contributed by atoms with Crippen molar-refractivity contribution in [3.8, 4) is 0 Å². The highest BCUT2D eigenvalue weighted by molar-refractivity contribution is 5.86. The van der Waals surface area contributed by atoms with Gasteiger partial charge in [-0.1, -0.05) is 24.3 Å². The molecule has 0 saturated heterocycles. The zero-order chi connectivity index (χ0) is 14.0. The fourth-order valence-electron chi connectivity index (χ4n) is 2.31. The minimum atomic E-state index is -0.755. The summed E-state index contributed by atoms with van der Waals surface area (Å²) >= 11 is 0. The number of aliphatic hydroxyl groups is 1. The Balaban J connectivity index is 2.07. The largest absolute Gasteiger partial charge is 0.390 e. The number of hydrogen-bond donors (Lipinski definition) is 4. The summed E-state index contributed by atoms with van der Waals surface area (Å²) < 4.78 is 0.